The van der Waals surface area contributed by atoms with Gasteiger partial charge in [0.2, 0.25) is 0 Å². The molecule has 0 aliphatic carbocycles. The van der Waals surface area contributed by atoms with Gasteiger partial charge in [-0.25, -0.2) is 0 Å². The molecule has 0 saturated carbocycles. The highest BCUT2D eigenvalue weighted by Crippen LogP contribution is 2.27. The summed E-state index contributed by atoms with van der Waals surface area (Å²) in [5.74, 6) is 1.30. The Labute approximate surface area is 234 Å². The molecule has 0 heterocycles. The van der Waals surface area contributed by atoms with Crippen LogP contribution < -0.4 is 0 Å². The second-order valence-corrected chi connectivity index (χ2v) is 9.41. The largest absolute Gasteiger partial charge is 0.0776 e. The van der Waals surface area contributed by atoms with Crippen molar-refractivity contribution in [3.63, 3.8) is 0 Å². The maximum atomic E-state index is 2.34. The molecule has 0 fully saturated rings. The van der Waals surface area contributed by atoms with Gasteiger partial charge in [-0.1, -0.05) is 154 Å². The highest BCUT2D eigenvalue weighted by atomic mass is 14.1. The maximum absolute atomic E-state index is 2.34. The van der Waals surface area contributed by atoms with Gasteiger partial charge in [-0.05, 0) is 80.6 Å². The van der Waals surface area contributed by atoms with Gasteiger partial charge < -0.3 is 0 Å². The minimum absolute atomic E-state index is 0. The van der Waals surface area contributed by atoms with E-state index in [4.69, 9.17) is 0 Å². The van der Waals surface area contributed by atoms with E-state index in [9.17, 15) is 0 Å². The van der Waals surface area contributed by atoms with Crippen LogP contribution in [-0.2, 0) is 0 Å². The first-order valence-electron chi connectivity index (χ1n) is 12.7. The number of fused-ring (bicyclic) bond motifs is 2. The molecule has 2 atom stereocenters. The van der Waals surface area contributed by atoms with E-state index >= 15 is 0 Å². The lowest BCUT2D eigenvalue weighted by molar-refractivity contribution is 0.734. The van der Waals surface area contributed by atoms with E-state index < -0.39 is 0 Å². The number of hydrogen-bond donors (Lipinski definition) is 0. The highest BCUT2D eigenvalue weighted by molar-refractivity contribution is 5.98. The molecule has 0 amide bonds. The van der Waals surface area contributed by atoms with Crippen molar-refractivity contribution in [1.29, 1.82) is 0 Å². The Morgan fingerprint density at radius 1 is 0.421 bits per heavy atom. The van der Waals surface area contributed by atoms with Gasteiger partial charge in [-0.15, -0.1) is 0 Å². The highest BCUT2D eigenvalue weighted by Gasteiger charge is 2.05. The SMILES string of the molecule is C.C.C.C.CCC(C)c1ccc(-c2ccccc2)cc1.CCC(C)c1ccc2cc3ccccc3cc2c1. The molecule has 0 spiro atoms. The van der Waals surface area contributed by atoms with Gasteiger partial charge in [0, 0.05) is 0 Å². The zero-order valence-corrected chi connectivity index (χ0v) is 21.0. The van der Waals surface area contributed by atoms with Crippen LogP contribution in [0.2, 0.25) is 0 Å². The summed E-state index contributed by atoms with van der Waals surface area (Å²) in [5.41, 5.74) is 5.47. The van der Waals surface area contributed by atoms with Crippen molar-refractivity contribution in [2.75, 3.05) is 0 Å². The van der Waals surface area contributed by atoms with Crippen LogP contribution in [0, 0.1) is 0 Å². The van der Waals surface area contributed by atoms with Crippen LogP contribution in [0.3, 0.4) is 0 Å². The smallest absolute Gasteiger partial charge is 0.0175 e. The van der Waals surface area contributed by atoms with Crippen molar-refractivity contribution in [1.82, 2.24) is 0 Å². The predicted octanol–water partition coefficient (Wildman–Crippen LogP) is 12.9. The van der Waals surface area contributed by atoms with Crippen LogP contribution in [0.5, 0.6) is 0 Å². The zero-order chi connectivity index (χ0) is 23.9. The van der Waals surface area contributed by atoms with Crippen molar-refractivity contribution >= 4 is 21.5 Å². The molecule has 204 valence electrons. The van der Waals surface area contributed by atoms with Crippen LogP contribution in [-0.4, -0.2) is 0 Å². The van der Waals surface area contributed by atoms with Gasteiger partial charge in [0.15, 0.2) is 0 Å². The first kappa shape index (κ1) is 34.6. The molecule has 2 unspecified atom stereocenters. The standard InChI is InChI=1S/C18H18.C16H18.4CH4/c1-3-13(2)14-8-9-17-11-15-6-4-5-7-16(15)12-18(17)10-14;1-3-13(2)14-9-11-16(12-10-14)15-7-5-4-6-8-15;;;;/h4-13H,3H2,1-2H3;4-13H,3H2,1-2H3;4*1H4. The summed E-state index contributed by atoms with van der Waals surface area (Å²) in [6.45, 7) is 9.05. The molecular weight excluding hydrogens is 456 g/mol. The Balaban J connectivity index is 0.000000656. The fourth-order valence-corrected chi connectivity index (χ4v) is 4.37. The van der Waals surface area contributed by atoms with Gasteiger partial charge in [0.05, 0.1) is 0 Å². The molecule has 0 aliphatic heterocycles. The molecular formula is C38H52. The first-order valence-corrected chi connectivity index (χ1v) is 12.7. The second-order valence-electron chi connectivity index (χ2n) is 9.41. The van der Waals surface area contributed by atoms with Gasteiger partial charge >= 0.3 is 0 Å². The first-order chi connectivity index (χ1) is 16.6. The quantitative estimate of drug-likeness (QED) is 0.207. The Morgan fingerprint density at radius 2 is 0.842 bits per heavy atom. The van der Waals surface area contributed by atoms with Crippen LogP contribution in [0.25, 0.3) is 32.7 Å². The Kier molecular flexibility index (Phi) is 15.0. The number of hydrogen-bond acceptors (Lipinski definition) is 0. The molecule has 5 rings (SSSR count). The van der Waals surface area contributed by atoms with Crippen molar-refractivity contribution in [2.45, 2.75) is 82.1 Å². The van der Waals surface area contributed by atoms with E-state index in [-0.39, 0.29) is 29.7 Å². The van der Waals surface area contributed by atoms with E-state index in [1.54, 1.807) is 0 Å². The van der Waals surface area contributed by atoms with E-state index in [1.165, 1.54) is 56.6 Å². The summed E-state index contributed by atoms with van der Waals surface area (Å²) in [6.07, 6.45) is 2.39. The lowest BCUT2D eigenvalue weighted by Crippen LogP contribution is -1.90. The van der Waals surface area contributed by atoms with Crippen molar-refractivity contribution in [3.8, 4) is 11.1 Å². The lowest BCUT2D eigenvalue weighted by atomic mass is 9.95. The number of benzene rings is 5. The minimum Gasteiger partial charge on any atom is -0.0776 e. The van der Waals surface area contributed by atoms with E-state index in [0.29, 0.717) is 11.8 Å². The summed E-state index contributed by atoms with van der Waals surface area (Å²) < 4.78 is 0. The molecule has 5 aromatic carbocycles. The monoisotopic (exact) mass is 508 g/mol. The second kappa shape index (κ2) is 16.5. The summed E-state index contributed by atoms with van der Waals surface area (Å²) in [7, 11) is 0. The van der Waals surface area contributed by atoms with Crippen molar-refractivity contribution < 1.29 is 0 Å². The van der Waals surface area contributed by atoms with Crippen LogP contribution in [0.15, 0.2) is 109 Å². The van der Waals surface area contributed by atoms with Crippen molar-refractivity contribution in [3.05, 3.63) is 120 Å². The van der Waals surface area contributed by atoms with Gasteiger partial charge in [0.25, 0.3) is 0 Å². The average Bonchev–Trinajstić information content (AvgIpc) is 2.91. The molecule has 0 aromatic heterocycles. The third-order valence-electron chi connectivity index (χ3n) is 7.11. The normalized spacial score (nSPS) is 11.4. The van der Waals surface area contributed by atoms with Gasteiger partial charge in [0.1, 0.15) is 0 Å². The lowest BCUT2D eigenvalue weighted by Gasteiger charge is -2.10. The van der Waals surface area contributed by atoms with Crippen LogP contribution in [0.4, 0.5) is 0 Å². The van der Waals surface area contributed by atoms with Gasteiger partial charge in [-0.3, -0.25) is 0 Å². The zero-order valence-electron chi connectivity index (χ0n) is 21.0. The maximum Gasteiger partial charge on any atom is -0.0175 e. The van der Waals surface area contributed by atoms with E-state index in [0.717, 1.165) is 0 Å². The van der Waals surface area contributed by atoms with Crippen LogP contribution in [0.1, 0.15) is 93.2 Å². The summed E-state index contributed by atoms with van der Waals surface area (Å²) in [6, 6.07) is 39.5. The fourth-order valence-electron chi connectivity index (χ4n) is 4.37. The van der Waals surface area contributed by atoms with E-state index in [1.807, 2.05) is 0 Å². The molecule has 0 aliphatic rings. The van der Waals surface area contributed by atoms with E-state index in [2.05, 4.69) is 137 Å². The summed E-state index contributed by atoms with van der Waals surface area (Å²) in [4.78, 5) is 0. The molecule has 0 saturated heterocycles. The Hall–Kier alpha value is -3.38. The summed E-state index contributed by atoms with van der Waals surface area (Å²) >= 11 is 0. The predicted molar refractivity (Wildman–Crippen MR) is 178 cm³/mol. The Bertz CT molecular complexity index is 1330. The molecule has 0 nitrogen and oxygen atoms in total. The minimum atomic E-state index is 0. The van der Waals surface area contributed by atoms with Crippen LogP contribution >= 0.6 is 0 Å². The summed E-state index contributed by atoms with van der Waals surface area (Å²) in [5, 5.41) is 5.33. The molecule has 38 heavy (non-hydrogen) atoms. The molecule has 0 radical (unpaired) electrons. The van der Waals surface area contributed by atoms with Gasteiger partial charge in [-0.2, -0.15) is 0 Å². The topological polar surface area (TPSA) is 0 Å². The third kappa shape index (κ3) is 8.32. The molecule has 0 N–H and O–H groups in total. The average molecular weight is 509 g/mol. The van der Waals surface area contributed by atoms with Crippen molar-refractivity contribution in [2.24, 2.45) is 0 Å². The molecule has 0 bridgehead atoms. The molecule has 5 aromatic rings. The molecule has 0 heteroatoms. The fraction of sp³-hybridized carbons (Fsp3) is 0.316. The third-order valence-corrected chi connectivity index (χ3v) is 7.11. The number of rotatable bonds is 5. The Morgan fingerprint density at radius 3 is 1.39 bits per heavy atom.